The number of nitro benzene ring substituents is 1. The number of amides is 1. The van der Waals surface area contributed by atoms with Gasteiger partial charge in [0.1, 0.15) is 11.4 Å². The average Bonchev–Trinajstić information content (AvgIpc) is 3.41. The van der Waals surface area contributed by atoms with Crippen LogP contribution in [0.5, 0.6) is 0 Å². The Morgan fingerprint density at radius 3 is 2.64 bits per heavy atom. The fourth-order valence-electron chi connectivity index (χ4n) is 3.44. The largest absolute Gasteiger partial charge is 0.363 e. The van der Waals surface area contributed by atoms with Crippen LogP contribution in [0.15, 0.2) is 28.8 Å². The summed E-state index contributed by atoms with van der Waals surface area (Å²) in [5.74, 6) is 0.542. The molecule has 0 atom stereocenters. The molecule has 9 nitrogen and oxygen atoms in total. The quantitative estimate of drug-likeness (QED) is 0.600. The van der Waals surface area contributed by atoms with Crippen molar-refractivity contribution in [2.45, 2.75) is 32.4 Å². The first-order valence-corrected chi connectivity index (χ1v) is 9.48. The van der Waals surface area contributed by atoms with E-state index in [9.17, 15) is 14.9 Å². The molecule has 1 aromatic carbocycles. The monoisotopic (exact) mass is 385 g/mol. The number of nitrogens with zero attached hydrogens (tertiary/aromatic N) is 4. The van der Waals surface area contributed by atoms with Crippen LogP contribution in [-0.2, 0) is 6.54 Å². The molecule has 1 amide bonds. The number of nitrogens with one attached hydrogen (secondary N) is 1. The van der Waals surface area contributed by atoms with Gasteiger partial charge in [0, 0.05) is 56.5 Å². The number of piperazine rings is 1. The fraction of sp³-hybridized carbons (Fsp3) is 0.474. The van der Waals surface area contributed by atoms with Crippen molar-refractivity contribution >= 4 is 17.3 Å². The number of carbonyl (C=O) groups is 1. The Morgan fingerprint density at radius 2 is 2.04 bits per heavy atom. The van der Waals surface area contributed by atoms with E-state index in [1.807, 2.05) is 17.9 Å². The molecular weight excluding hydrogens is 362 g/mol. The van der Waals surface area contributed by atoms with E-state index < -0.39 is 4.92 Å². The molecule has 0 bridgehead atoms. The van der Waals surface area contributed by atoms with Crippen molar-refractivity contribution in [3.05, 3.63) is 51.4 Å². The molecule has 1 N–H and O–H groups in total. The lowest BCUT2D eigenvalue weighted by Crippen LogP contribution is -2.46. The van der Waals surface area contributed by atoms with Gasteiger partial charge in [-0.15, -0.1) is 0 Å². The smallest absolute Gasteiger partial charge is 0.293 e. The van der Waals surface area contributed by atoms with Gasteiger partial charge >= 0.3 is 0 Å². The summed E-state index contributed by atoms with van der Waals surface area (Å²) < 4.78 is 5.10. The molecule has 2 fully saturated rings. The zero-order valence-corrected chi connectivity index (χ0v) is 15.8. The molecule has 1 aliphatic carbocycles. The third-order valence-corrected chi connectivity index (χ3v) is 5.12. The number of hydrogen-bond donors (Lipinski definition) is 1. The minimum absolute atomic E-state index is 0.0241. The van der Waals surface area contributed by atoms with E-state index in [4.69, 9.17) is 4.52 Å². The summed E-state index contributed by atoms with van der Waals surface area (Å²) in [4.78, 5) is 27.7. The average molecular weight is 385 g/mol. The van der Waals surface area contributed by atoms with Crippen LogP contribution in [-0.4, -0.2) is 53.1 Å². The molecule has 2 aromatic rings. The highest BCUT2D eigenvalue weighted by atomic mass is 16.6. The molecule has 0 radical (unpaired) electrons. The predicted molar refractivity (Wildman–Crippen MR) is 102 cm³/mol. The van der Waals surface area contributed by atoms with Gasteiger partial charge < -0.3 is 14.7 Å². The van der Waals surface area contributed by atoms with Crippen LogP contribution in [0.25, 0.3) is 0 Å². The molecule has 28 heavy (non-hydrogen) atoms. The zero-order valence-electron chi connectivity index (χ0n) is 15.8. The molecule has 2 aliphatic rings. The van der Waals surface area contributed by atoms with Crippen molar-refractivity contribution in [3.8, 4) is 0 Å². The van der Waals surface area contributed by atoms with Gasteiger partial charge in [-0.2, -0.15) is 0 Å². The van der Waals surface area contributed by atoms with Gasteiger partial charge in [-0.05, 0) is 31.9 Å². The molecule has 1 aromatic heterocycles. The molecule has 4 rings (SSSR count). The molecule has 1 saturated heterocycles. The maximum Gasteiger partial charge on any atom is 0.293 e. The third-order valence-electron chi connectivity index (χ3n) is 5.12. The van der Waals surface area contributed by atoms with E-state index in [1.54, 1.807) is 12.1 Å². The number of aromatic nitrogens is 1. The van der Waals surface area contributed by atoms with Crippen molar-refractivity contribution in [3.63, 3.8) is 0 Å². The molecule has 1 saturated carbocycles. The van der Waals surface area contributed by atoms with Crippen molar-refractivity contribution in [1.82, 2.24) is 15.4 Å². The number of carbonyl (C=O) groups excluding carboxylic acids is 1. The second kappa shape index (κ2) is 7.59. The van der Waals surface area contributed by atoms with Crippen LogP contribution in [0, 0.1) is 17.0 Å². The number of anilines is 1. The van der Waals surface area contributed by atoms with Gasteiger partial charge in [0.15, 0.2) is 0 Å². The maximum absolute atomic E-state index is 12.2. The third kappa shape index (κ3) is 4.14. The van der Waals surface area contributed by atoms with Crippen LogP contribution in [0.2, 0.25) is 0 Å². The minimum atomic E-state index is -0.409. The highest BCUT2D eigenvalue weighted by Crippen LogP contribution is 2.30. The molecule has 1 aliphatic heterocycles. The van der Waals surface area contributed by atoms with E-state index >= 15 is 0 Å². The van der Waals surface area contributed by atoms with Gasteiger partial charge in [0.25, 0.3) is 11.6 Å². The first-order chi connectivity index (χ1) is 13.5. The molecule has 148 valence electrons. The summed E-state index contributed by atoms with van der Waals surface area (Å²) in [5, 5.41) is 18.5. The Balaban J connectivity index is 1.43. The Hall–Kier alpha value is -2.94. The summed E-state index contributed by atoms with van der Waals surface area (Å²) in [6.45, 7) is 5.45. The number of aryl methyl sites for hydroxylation is 1. The number of hydrogen-bond acceptors (Lipinski definition) is 7. The predicted octanol–water partition coefficient (Wildman–Crippen LogP) is 2.11. The summed E-state index contributed by atoms with van der Waals surface area (Å²) >= 11 is 0. The normalized spacial score (nSPS) is 17.5. The fourth-order valence-corrected chi connectivity index (χ4v) is 3.44. The van der Waals surface area contributed by atoms with Crippen LogP contribution >= 0.6 is 0 Å². The Labute approximate surface area is 162 Å². The second-order valence-electron chi connectivity index (χ2n) is 7.40. The van der Waals surface area contributed by atoms with Crippen molar-refractivity contribution in [1.29, 1.82) is 0 Å². The van der Waals surface area contributed by atoms with Gasteiger partial charge in [-0.1, -0.05) is 5.16 Å². The van der Waals surface area contributed by atoms with Crippen LogP contribution in [0.3, 0.4) is 0 Å². The SMILES string of the molecule is Cc1cc(CN2CCN(c3ccc(C(=O)NC4CC4)cc3[N+](=O)[O-])CC2)no1. The van der Waals surface area contributed by atoms with Crippen LogP contribution in [0.4, 0.5) is 11.4 Å². The first kappa shape index (κ1) is 18.4. The number of rotatable bonds is 6. The van der Waals surface area contributed by atoms with Crippen LogP contribution in [0.1, 0.15) is 34.7 Å². The van der Waals surface area contributed by atoms with E-state index in [-0.39, 0.29) is 17.6 Å². The lowest BCUT2D eigenvalue weighted by Gasteiger charge is -2.35. The van der Waals surface area contributed by atoms with Crippen molar-refractivity contribution < 1.29 is 14.2 Å². The van der Waals surface area contributed by atoms with Crippen molar-refractivity contribution in [2.24, 2.45) is 0 Å². The summed E-state index contributed by atoms with van der Waals surface area (Å²) in [6.07, 6.45) is 1.95. The molecule has 0 spiro atoms. The van der Waals surface area contributed by atoms with E-state index in [2.05, 4.69) is 15.4 Å². The zero-order chi connectivity index (χ0) is 19.7. The minimum Gasteiger partial charge on any atom is -0.363 e. The lowest BCUT2D eigenvalue weighted by molar-refractivity contribution is -0.384. The lowest BCUT2D eigenvalue weighted by atomic mass is 10.1. The van der Waals surface area contributed by atoms with Crippen molar-refractivity contribution in [2.75, 3.05) is 31.1 Å². The maximum atomic E-state index is 12.2. The van der Waals surface area contributed by atoms with Gasteiger partial charge in [-0.25, -0.2) is 0 Å². The highest BCUT2D eigenvalue weighted by Gasteiger charge is 2.27. The topological polar surface area (TPSA) is 105 Å². The van der Waals surface area contributed by atoms with E-state index in [1.165, 1.54) is 6.07 Å². The van der Waals surface area contributed by atoms with Gasteiger partial charge in [0.2, 0.25) is 0 Å². The summed E-state index contributed by atoms with van der Waals surface area (Å²) in [6, 6.07) is 6.88. The molecule has 0 unspecified atom stereocenters. The molecule has 9 heteroatoms. The summed E-state index contributed by atoms with van der Waals surface area (Å²) in [7, 11) is 0. The second-order valence-corrected chi connectivity index (χ2v) is 7.40. The first-order valence-electron chi connectivity index (χ1n) is 9.48. The molecule has 2 heterocycles. The molecular formula is C19H23N5O4. The standard InChI is InChI=1S/C19H23N5O4/c1-13-10-16(21-28-13)12-22-6-8-23(9-7-22)17-5-2-14(11-18(17)24(26)27)19(25)20-15-3-4-15/h2,5,10-11,15H,3-4,6-9,12H2,1H3,(H,20,25). The highest BCUT2D eigenvalue weighted by molar-refractivity contribution is 5.96. The Bertz CT molecular complexity index is 884. The number of benzene rings is 1. The van der Waals surface area contributed by atoms with Crippen LogP contribution < -0.4 is 10.2 Å². The number of nitro groups is 1. The van der Waals surface area contributed by atoms with E-state index in [0.29, 0.717) is 30.9 Å². The summed E-state index contributed by atoms with van der Waals surface area (Å²) in [5.41, 5.74) is 1.76. The Kier molecular flexibility index (Phi) is 4.99. The van der Waals surface area contributed by atoms with E-state index in [0.717, 1.165) is 37.4 Å². The van der Waals surface area contributed by atoms with Gasteiger partial charge in [-0.3, -0.25) is 19.8 Å². The van der Waals surface area contributed by atoms with Gasteiger partial charge in [0.05, 0.1) is 10.6 Å². The Morgan fingerprint density at radius 1 is 1.29 bits per heavy atom.